The quantitative estimate of drug-likeness (QED) is 0.567. The van der Waals surface area contributed by atoms with Gasteiger partial charge in [0.25, 0.3) is 0 Å². The molecule has 0 bridgehead atoms. The number of nitrogens with zero attached hydrogens (tertiary/aromatic N) is 4. The molecule has 0 radical (unpaired) electrons. The van der Waals surface area contributed by atoms with Gasteiger partial charge in [-0.05, 0) is 18.8 Å². The molecular formula is C18H33N5O2. The van der Waals surface area contributed by atoms with Crippen molar-refractivity contribution in [2.45, 2.75) is 32.2 Å². The normalized spacial score (nSPS) is 28.2. The van der Waals surface area contributed by atoms with Gasteiger partial charge in [0.15, 0.2) is 5.96 Å². The number of carbonyl (C=O) groups excluding carboxylic acids is 1. The van der Waals surface area contributed by atoms with Gasteiger partial charge in [0.05, 0.1) is 19.8 Å². The van der Waals surface area contributed by atoms with E-state index in [1.54, 1.807) is 0 Å². The standard InChI is InChI=1S/C18H33N5O2/c1-3-4-15-13-16(15)20-18(19-2)23-7-5-21(6-8-23)14-17(24)22-9-11-25-12-10-22/h15-16H,3-14H2,1-2H3,(H,19,20). The van der Waals surface area contributed by atoms with Gasteiger partial charge in [-0.3, -0.25) is 14.7 Å². The van der Waals surface area contributed by atoms with Crippen LogP contribution in [0.4, 0.5) is 0 Å². The topological polar surface area (TPSA) is 60.4 Å². The Bertz CT molecular complexity index is 470. The van der Waals surface area contributed by atoms with Gasteiger partial charge in [0, 0.05) is 52.4 Å². The van der Waals surface area contributed by atoms with Gasteiger partial charge >= 0.3 is 0 Å². The second-order valence-electron chi connectivity index (χ2n) is 7.34. The third kappa shape index (κ3) is 5.07. The number of aliphatic imine (C=N–C) groups is 1. The Kier molecular flexibility index (Phi) is 6.53. The number of carbonyl (C=O) groups is 1. The molecule has 0 aromatic rings. The molecular weight excluding hydrogens is 318 g/mol. The third-order valence-electron chi connectivity index (χ3n) is 5.50. The first-order valence-electron chi connectivity index (χ1n) is 9.77. The van der Waals surface area contributed by atoms with Crippen LogP contribution in [-0.4, -0.2) is 98.7 Å². The molecule has 1 N–H and O–H groups in total. The van der Waals surface area contributed by atoms with Crippen molar-refractivity contribution in [2.75, 3.05) is 66.1 Å². The predicted octanol–water partition coefficient (Wildman–Crippen LogP) is 0.227. The van der Waals surface area contributed by atoms with Crippen LogP contribution in [0.2, 0.25) is 0 Å². The lowest BCUT2D eigenvalue weighted by molar-refractivity contribution is -0.136. The Morgan fingerprint density at radius 1 is 1.12 bits per heavy atom. The summed E-state index contributed by atoms with van der Waals surface area (Å²) in [5, 5.41) is 3.62. The predicted molar refractivity (Wildman–Crippen MR) is 98.7 cm³/mol. The van der Waals surface area contributed by atoms with E-state index in [0.29, 0.717) is 25.8 Å². The van der Waals surface area contributed by atoms with Crippen molar-refractivity contribution in [2.24, 2.45) is 10.9 Å². The van der Waals surface area contributed by atoms with Crippen LogP contribution in [0, 0.1) is 5.92 Å². The molecule has 0 aromatic carbocycles. The van der Waals surface area contributed by atoms with Gasteiger partial charge in [0.1, 0.15) is 0 Å². The molecule has 2 atom stereocenters. The molecule has 3 rings (SSSR count). The number of guanidine groups is 1. The first kappa shape index (κ1) is 18.5. The smallest absolute Gasteiger partial charge is 0.236 e. The lowest BCUT2D eigenvalue weighted by Gasteiger charge is -2.37. The molecule has 7 nitrogen and oxygen atoms in total. The highest BCUT2D eigenvalue weighted by atomic mass is 16.5. The number of hydrogen-bond acceptors (Lipinski definition) is 4. The minimum Gasteiger partial charge on any atom is -0.378 e. The van der Waals surface area contributed by atoms with Crippen LogP contribution < -0.4 is 5.32 Å². The molecule has 0 spiro atoms. The zero-order chi connectivity index (χ0) is 17.6. The fourth-order valence-corrected chi connectivity index (χ4v) is 3.80. The Morgan fingerprint density at radius 3 is 2.48 bits per heavy atom. The van der Waals surface area contributed by atoms with Crippen molar-refractivity contribution < 1.29 is 9.53 Å². The fourth-order valence-electron chi connectivity index (χ4n) is 3.80. The van der Waals surface area contributed by atoms with Crippen molar-refractivity contribution >= 4 is 11.9 Å². The Morgan fingerprint density at radius 2 is 1.84 bits per heavy atom. The van der Waals surface area contributed by atoms with Crippen LogP contribution in [-0.2, 0) is 9.53 Å². The molecule has 3 fully saturated rings. The lowest BCUT2D eigenvalue weighted by Crippen LogP contribution is -2.55. The van der Waals surface area contributed by atoms with Crippen LogP contribution in [0.3, 0.4) is 0 Å². The van der Waals surface area contributed by atoms with E-state index in [1.165, 1.54) is 19.3 Å². The van der Waals surface area contributed by atoms with E-state index < -0.39 is 0 Å². The molecule has 1 amide bonds. The number of rotatable bonds is 5. The number of nitrogens with one attached hydrogen (secondary N) is 1. The Balaban J connectivity index is 1.39. The lowest BCUT2D eigenvalue weighted by atomic mass is 10.2. The maximum absolute atomic E-state index is 12.4. The molecule has 2 aliphatic heterocycles. The van der Waals surface area contributed by atoms with E-state index in [1.807, 2.05) is 11.9 Å². The summed E-state index contributed by atoms with van der Waals surface area (Å²) in [6.07, 6.45) is 3.85. The van der Waals surface area contributed by atoms with Crippen molar-refractivity contribution in [1.29, 1.82) is 0 Å². The number of amides is 1. The maximum Gasteiger partial charge on any atom is 0.236 e. The number of hydrogen-bond donors (Lipinski definition) is 1. The third-order valence-corrected chi connectivity index (χ3v) is 5.50. The molecule has 0 aromatic heterocycles. The van der Waals surface area contributed by atoms with Crippen LogP contribution in [0.5, 0.6) is 0 Å². The highest BCUT2D eigenvalue weighted by molar-refractivity contribution is 5.81. The Labute approximate surface area is 151 Å². The molecule has 2 heterocycles. The molecule has 2 saturated heterocycles. The number of ether oxygens (including phenoxy) is 1. The molecule has 7 heteroatoms. The summed E-state index contributed by atoms with van der Waals surface area (Å²) in [6, 6.07) is 0.611. The SMILES string of the molecule is CCCC1CC1NC(=NC)N1CCN(CC(=O)N2CCOCC2)CC1. The van der Waals surface area contributed by atoms with Crippen molar-refractivity contribution in [1.82, 2.24) is 20.0 Å². The molecule has 1 aliphatic carbocycles. The Hall–Kier alpha value is -1.34. The summed E-state index contributed by atoms with van der Waals surface area (Å²) < 4.78 is 5.32. The second kappa shape index (κ2) is 8.85. The summed E-state index contributed by atoms with van der Waals surface area (Å²) >= 11 is 0. The summed E-state index contributed by atoms with van der Waals surface area (Å²) in [5.41, 5.74) is 0. The van der Waals surface area contributed by atoms with E-state index in [2.05, 4.69) is 27.0 Å². The highest BCUT2D eigenvalue weighted by Crippen LogP contribution is 2.34. The molecule has 2 unspecified atom stereocenters. The summed E-state index contributed by atoms with van der Waals surface area (Å²) in [5.74, 6) is 2.09. The van der Waals surface area contributed by atoms with Crippen LogP contribution in [0.1, 0.15) is 26.2 Å². The monoisotopic (exact) mass is 351 g/mol. The zero-order valence-corrected chi connectivity index (χ0v) is 15.7. The average molecular weight is 351 g/mol. The van der Waals surface area contributed by atoms with Crippen molar-refractivity contribution in [3.05, 3.63) is 0 Å². The number of morpholine rings is 1. The summed E-state index contributed by atoms with van der Waals surface area (Å²) in [6.45, 7) is 9.28. The summed E-state index contributed by atoms with van der Waals surface area (Å²) in [4.78, 5) is 23.4. The second-order valence-corrected chi connectivity index (χ2v) is 7.34. The first-order chi connectivity index (χ1) is 12.2. The molecule has 25 heavy (non-hydrogen) atoms. The summed E-state index contributed by atoms with van der Waals surface area (Å²) in [7, 11) is 1.87. The maximum atomic E-state index is 12.4. The van der Waals surface area contributed by atoms with Crippen LogP contribution in [0.15, 0.2) is 4.99 Å². The van der Waals surface area contributed by atoms with Gasteiger partial charge in [-0.15, -0.1) is 0 Å². The van der Waals surface area contributed by atoms with Gasteiger partial charge in [-0.2, -0.15) is 0 Å². The zero-order valence-electron chi connectivity index (χ0n) is 15.7. The van der Waals surface area contributed by atoms with Crippen molar-refractivity contribution in [3.8, 4) is 0 Å². The largest absolute Gasteiger partial charge is 0.378 e. The van der Waals surface area contributed by atoms with E-state index in [4.69, 9.17) is 4.74 Å². The molecule has 142 valence electrons. The van der Waals surface area contributed by atoms with E-state index in [-0.39, 0.29) is 5.91 Å². The molecule has 1 saturated carbocycles. The van der Waals surface area contributed by atoms with Gasteiger partial charge < -0.3 is 19.9 Å². The van der Waals surface area contributed by atoms with E-state index in [0.717, 1.165) is 51.1 Å². The van der Waals surface area contributed by atoms with Crippen LogP contribution >= 0.6 is 0 Å². The first-order valence-corrected chi connectivity index (χ1v) is 9.77. The van der Waals surface area contributed by atoms with Crippen molar-refractivity contribution in [3.63, 3.8) is 0 Å². The number of piperazine rings is 1. The highest BCUT2D eigenvalue weighted by Gasteiger charge is 2.37. The van der Waals surface area contributed by atoms with Crippen LogP contribution in [0.25, 0.3) is 0 Å². The van der Waals surface area contributed by atoms with E-state index in [9.17, 15) is 4.79 Å². The minimum absolute atomic E-state index is 0.236. The van der Waals surface area contributed by atoms with E-state index >= 15 is 0 Å². The minimum atomic E-state index is 0.236. The van der Waals surface area contributed by atoms with Gasteiger partial charge in [-0.1, -0.05) is 13.3 Å². The fraction of sp³-hybridized carbons (Fsp3) is 0.889. The van der Waals surface area contributed by atoms with Gasteiger partial charge in [-0.25, -0.2) is 0 Å². The average Bonchev–Trinajstić information content (AvgIpc) is 3.39. The van der Waals surface area contributed by atoms with Gasteiger partial charge in [0.2, 0.25) is 5.91 Å². The molecule has 3 aliphatic rings.